The molecule has 0 radical (unpaired) electrons. The summed E-state index contributed by atoms with van der Waals surface area (Å²) in [6.45, 7) is 0.938. The van der Waals surface area contributed by atoms with E-state index < -0.39 is 52.0 Å². The lowest BCUT2D eigenvalue weighted by molar-refractivity contribution is -0.178. The van der Waals surface area contributed by atoms with Crippen LogP contribution < -0.4 is 10.6 Å². The van der Waals surface area contributed by atoms with E-state index >= 15 is 0 Å². The predicted octanol–water partition coefficient (Wildman–Crippen LogP) is -1.31. The maximum atomic E-state index is 12.6. The van der Waals surface area contributed by atoms with E-state index in [2.05, 4.69) is 30.3 Å². The van der Waals surface area contributed by atoms with E-state index in [-0.39, 0.29) is 21.0 Å². The maximum Gasteiger partial charge on any atom is 0.365 e. The zero-order valence-electron chi connectivity index (χ0n) is 15.2. The number of esters is 1. The van der Waals surface area contributed by atoms with Crippen LogP contribution in [0.4, 0.5) is 5.13 Å². The second kappa shape index (κ2) is 9.33. The molecule has 0 aliphatic carbocycles. The zero-order chi connectivity index (χ0) is 22.6. The molecule has 0 aromatic carbocycles. The number of β-lactam (4-membered cyclic amide) rings is 1. The lowest BCUT2D eigenvalue weighted by Crippen LogP contribution is -2.73. The average molecular weight is 484 g/mol. The molecule has 1 aromatic rings. The molecule has 2 rings (SSSR count). The Labute approximate surface area is 178 Å². The number of ether oxygens (including phenoxy) is 1. The topological polar surface area (TPSA) is 194 Å². The van der Waals surface area contributed by atoms with Crippen molar-refractivity contribution in [3.8, 4) is 0 Å². The molecule has 1 fully saturated rings. The van der Waals surface area contributed by atoms with Gasteiger partial charge in [-0.05, 0) is 0 Å². The van der Waals surface area contributed by atoms with Gasteiger partial charge >= 0.3 is 16.3 Å². The van der Waals surface area contributed by atoms with Crippen LogP contribution in [0.3, 0.4) is 0 Å². The first-order valence-corrected chi connectivity index (χ1v) is 10.5. The molecule has 2 heterocycles. The van der Waals surface area contributed by atoms with E-state index in [4.69, 9.17) is 16.2 Å². The highest BCUT2D eigenvalue weighted by molar-refractivity contribution is 7.84. The number of amides is 3. The lowest BCUT2D eigenvalue weighted by atomic mass is 10.1. The highest BCUT2D eigenvalue weighted by Crippen LogP contribution is 2.25. The first-order valence-electron chi connectivity index (χ1n) is 7.71. The molecule has 3 amide bonds. The van der Waals surface area contributed by atoms with Gasteiger partial charge in [0.15, 0.2) is 16.9 Å². The Balaban J connectivity index is 2.22. The average Bonchev–Trinajstić information content (AvgIpc) is 3.09. The van der Waals surface area contributed by atoms with Crippen molar-refractivity contribution >= 4 is 67.8 Å². The van der Waals surface area contributed by atoms with Crippen molar-refractivity contribution < 1.29 is 41.7 Å². The van der Waals surface area contributed by atoms with E-state index in [9.17, 15) is 27.6 Å². The summed E-state index contributed by atoms with van der Waals surface area (Å²) in [5.74, 6) is -4.11. The number of hydrogen-bond donors (Lipinski definition) is 3. The van der Waals surface area contributed by atoms with Gasteiger partial charge < -0.3 is 20.2 Å². The number of aromatic nitrogens is 1. The number of anilines is 1. The van der Waals surface area contributed by atoms with Crippen LogP contribution in [0.2, 0.25) is 0 Å². The van der Waals surface area contributed by atoms with Gasteiger partial charge in [0.05, 0.1) is 0 Å². The molecule has 0 bridgehead atoms. The predicted molar refractivity (Wildman–Crippen MR) is 101 cm³/mol. The standard InChI is InChI=1S/C13H14ClN5O9S2/c1-5(20)28-12-9(11(23)19(12)30(24,25)26)17-10(22)8(18-27-2)6-4-29-13(15-6)16-7(21)3-14/h4,9,12H,3H2,1-2H3,(H,17,22)(H,15,16,21)(H,24,25,26)/b18-8-/t9-,12-/m1/s1. The van der Waals surface area contributed by atoms with Crippen LogP contribution in [-0.4, -0.2) is 76.9 Å². The van der Waals surface area contributed by atoms with Gasteiger partial charge in [-0.15, -0.1) is 22.9 Å². The van der Waals surface area contributed by atoms with E-state index in [1.54, 1.807) is 0 Å². The molecule has 1 aromatic heterocycles. The molecule has 0 spiro atoms. The molecular weight excluding hydrogens is 470 g/mol. The van der Waals surface area contributed by atoms with Crippen molar-refractivity contribution in [3.63, 3.8) is 0 Å². The number of hydrogen-bond acceptors (Lipinski definition) is 11. The minimum absolute atomic E-state index is 0.0494. The number of alkyl halides is 1. The SMILES string of the molecule is CO/N=C(\C(=O)N[C@@H]1C(=O)N(S(=O)(=O)O)[C@@H]1OC(C)=O)c1csc(NC(=O)CCl)n1. The molecule has 3 N–H and O–H groups in total. The Morgan fingerprint density at radius 1 is 1.43 bits per heavy atom. The van der Waals surface area contributed by atoms with Crippen molar-refractivity contribution in [3.05, 3.63) is 11.1 Å². The molecule has 1 aliphatic heterocycles. The van der Waals surface area contributed by atoms with E-state index in [1.165, 1.54) is 5.38 Å². The van der Waals surface area contributed by atoms with Crippen LogP contribution in [0.25, 0.3) is 0 Å². The van der Waals surface area contributed by atoms with Gasteiger partial charge in [0.1, 0.15) is 18.7 Å². The third-order valence-corrected chi connectivity index (χ3v) is 5.22. The van der Waals surface area contributed by atoms with Crippen molar-refractivity contribution in [1.29, 1.82) is 0 Å². The third-order valence-electron chi connectivity index (χ3n) is 3.33. The van der Waals surface area contributed by atoms with Gasteiger partial charge in [-0.1, -0.05) is 5.16 Å². The summed E-state index contributed by atoms with van der Waals surface area (Å²) in [7, 11) is -3.90. The van der Waals surface area contributed by atoms with Crippen LogP contribution in [0.15, 0.2) is 10.5 Å². The Hall–Kier alpha value is -2.82. The molecule has 1 saturated heterocycles. The van der Waals surface area contributed by atoms with Crippen molar-refractivity contribution in [2.45, 2.75) is 19.2 Å². The highest BCUT2D eigenvalue weighted by Gasteiger charge is 2.56. The summed E-state index contributed by atoms with van der Waals surface area (Å²) >= 11 is 6.32. The van der Waals surface area contributed by atoms with Crippen LogP contribution in [0.1, 0.15) is 12.6 Å². The van der Waals surface area contributed by atoms with Gasteiger partial charge in [0.2, 0.25) is 12.1 Å². The maximum absolute atomic E-state index is 12.6. The van der Waals surface area contributed by atoms with Crippen LogP contribution >= 0.6 is 22.9 Å². The van der Waals surface area contributed by atoms with Crippen LogP contribution in [-0.2, 0) is 39.1 Å². The summed E-state index contributed by atoms with van der Waals surface area (Å²) in [6.07, 6.45) is -1.80. The Kier molecular flexibility index (Phi) is 7.30. The largest absolute Gasteiger partial charge is 0.438 e. The van der Waals surface area contributed by atoms with E-state index in [1.807, 2.05) is 0 Å². The molecule has 164 valence electrons. The number of nitrogens with zero attached hydrogens (tertiary/aromatic N) is 3. The second-order valence-corrected chi connectivity index (χ2v) is 7.82. The molecule has 14 nitrogen and oxygen atoms in total. The molecule has 2 atom stereocenters. The van der Waals surface area contributed by atoms with Crippen molar-refractivity contribution in [2.24, 2.45) is 5.16 Å². The molecule has 17 heteroatoms. The van der Waals surface area contributed by atoms with Crippen molar-refractivity contribution in [2.75, 3.05) is 18.3 Å². The summed E-state index contributed by atoms with van der Waals surface area (Å²) < 4.78 is 36.2. The minimum Gasteiger partial charge on any atom is -0.438 e. The fraction of sp³-hybridized carbons (Fsp3) is 0.385. The third kappa shape index (κ3) is 5.21. The summed E-state index contributed by atoms with van der Waals surface area (Å²) in [6, 6.07) is -1.63. The second-order valence-electron chi connectivity index (χ2n) is 5.41. The number of thiazole rings is 1. The smallest absolute Gasteiger partial charge is 0.365 e. The quantitative estimate of drug-likeness (QED) is 0.0997. The number of halogens is 1. The minimum atomic E-state index is -5.03. The van der Waals surface area contributed by atoms with Gasteiger partial charge in [-0.3, -0.25) is 23.7 Å². The van der Waals surface area contributed by atoms with E-state index in [0.717, 1.165) is 25.4 Å². The number of nitrogens with one attached hydrogen (secondary N) is 2. The highest BCUT2D eigenvalue weighted by atomic mass is 35.5. The first kappa shape index (κ1) is 23.5. The van der Waals surface area contributed by atoms with Gasteiger partial charge in [0.25, 0.3) is 11.8 Å². The zero-order valence-corrected chi connectivity index (χ0v) is 17.6. The Morgan fingerprint density at radius 3 is 2.63 bits per heavy atom. The summed E-state index contributed by atoms with van der Waals surface area (Å²) in [4.78, 5) is 55.7. The first-order chi connectivity index (χ1) is 14.0. The number of oxime groups is 1. The van der Waals surface area contributed by atoms with Gasteiger partial charge in [-0.2, -0.15) is 12.7 Å². The fourth-order valence-electron chi connectivity index (χ4n) is 2.20. The molecular formula is C13H14ClN5O9S2. The van der Waals surface area contributed by atoms with Crippen LogP contribution in [0, 0.1) is 0 Å². The Morgan fingerprint density at radius 2 is 2.10 bits per heavy atom. The molecule has 30 heavy (non-hydrogen) atoms. The lowest BCUT2D eigenvalue weighted by Gasteiger charge is -2.42. The summed E-state index contributed by atoms with van der Waals surface area (Å²) in [5.41, 5.74) is -0.480. The van der Waals surface area contributed by atoms with Gasteiger partial charge in [0, 0.05) is 12.3 Å². The van der Waals surface area contributed by atoms with Crippen LogP contribution in [0.5, 0.6) is 0 Å². The molecule has 1 aliphatic rings. The monoisotopic (exact) mass is 483 g/mol. The molecule has 0 unspecified atom stereocenters. The number of carbonyl (C=O) groups is 4. The Bertz CT molecular complexity index is 1010. The number of rotatable bonds is 8. The molecule has 0 saturated carbocycles. The van der Waals surface area contributed by atoms with Gasteiger partial charge in [-0.25, -0.2) is 4.98 Å². The summed E-state index contributed by atoms with van der Waals surface area (Å²) in [5, 5.41) is 9.45. The van der Waals surface area contributed by atoms with Crippen molar-refractivity contribution in [1.82, 2.24) is 14.6 Å². The fourth-order valence-corrected chi connectivity index (χ4v) is 3.75. The number of carbonyl (C=O) groups excluding carboxylic acids is 4. The van der Waals surface area contributed by atoms with E-state index in [0.29, 0.717) is 0 Å². The normalized spacial score (nSPS) is 19.0.